The maximum Gasteiger partial charge on any atom is 0.433 e. The zero-order chi connectivity index (χ0) is 21.2. The first-order valence-corrected chi connectivity index (χ1v) is 10.4. The quantitative estimate of drug-likeness (QED) is 0.685. The van der Waals surface area contributed by atoms with Crippen molar-refractivity contribution < 1.29 is 26.3 Å². The Morgan fingerprint density at radius 2 is 1.86 bits per heavy atom. The molecule has 1 aromatic carbocycles. The van der Waals surface area contributed by atoms with Crippen molar-refractivity contribution in [2.45, 2.75) is 17.9 Å². The maximum absolute atomic E-state index is 13.2. The molecule has 0 amide bonds. The van der Waals surface area contributed by atoms with Gasteiger partial charge in [-0.25, -0.2) is 18.4 Å². The Morgan fingerprint density at radius 1 is 1.17 bits per heavy atom. The zero-order valence-electron chi connectivity index (χ0n) is 15.6. The van der Waals surface area contributed by atoms with E-state index in [0.29, 0.717) is 18.7 Å². The van der Waals surface area contributed by atoms with E-state index in [2.05, 4.69) is 9.97 Å². The topological polar surface area (TPSA) is 72.4 Å². The Kier molecular flexibility index (Phi) is 5.65. The van der Waals surface area contributed by atoms with Gasteiger partial charge in [-0.2, -0.15) is 13.2 Å². The average Bonchev–Trinajstić information content (AvgIpc) is 2.67. The van der Waals surface area contributed by atoms with E-state index in [1.54, 1.807) is 25.5 Å². The highest BCUT2D eigenvalue weighted by atomic mass is 32.2. The number of halogens is 3. The summed E-state index contributed by atoms with van der Waals surface area (Å²) in [6, 6.07) is 8.16. The first kappa shape index (κ1) is 20.8. The molecule has 0 aliphatic carbocycles. The smallest absolute Gasteiger partial charge is 0.433 e. The van der Waals surface area contributed by atoms with Gasteiger partial charge in [-0.05, 0) is 23.8 Å². The summed E-state index contributed by atoms with van der Waals surface area (Å²) in [5.41, 5.74) is -0.0670. The van der Waals surface area contributed by atoms with Crippen molar-refractivity contribution in [2.24, 2.45) is 0 Å². The summed E-state index contributed by atoms with van der Waals surface area (Å²) in [6.07, 6.45) is 1.01. The Balaban J connectivity index is 1.94. The number of methoxy groups -OCH3 is 1. The molecule has 0 atom stereocenters. The minimum atomic E-state index is -4.79. The molecule has 0 saturated heterocycles. The largest absolute Gasteiger partial charge is 0.497 e. The molecule has 0 bridgehead atoms. The van der Waals surface area contributed by atoms with Crippen molar-refractivity contribution in [1.29, 1.82) is 0 Å². The maximum atomic E-state index is 13.2. The zero-order valence-corrected chi connectivity index (χ0v) is 16.5. The molecular weight excluding hydrogens is 407 g/mol. The van der Waals surface area contributed by atoms with Crippen LogP contribution in [0.15, 0.2) is 53.8 Å². The summed E-state index contributed by atoms with van der Waals surface area (Å²) in [6.45, 7) is 1.06. The highest BCUT2D eigenvalue weighted by molar-refractivity contribution is 7.90. The first-order valence-electron chi connectivity index (χ1n) is 8.48. The fourth-order valence-corrected chi connectivity index (χ4v) is 3.25. The molecule has 0 fully saturated rings. The van der Waals surface area contributed by atoms with Crippen molar-refractivity contribution in [3.05, 3.63) is 65.6 Å². The van der Waals surface area contributed by atoms with Gasteiger partial charge in [-0.3, -0.25) is 0 Å². The summed E-state index contributed by atoms with van der Waals surface area (Å²) < 4.78 is 68.2. The van der Waals surface area contributed by atoms with Crippen LogP contribution in [0.4, 0.5) is 13.2 Å². The Labute approximate surface area is 166 Å². The minimum Gasteiger partial charge on any atom is -0.497 e. The molecule has 1 aromatic heterocycles. The van der Waals surface area contributed by atoms with Crippen molar-refractivity contribution in [2.75, 3.05) is 19.9 Å². The lowest BCUT2D eigenvalue weighted by atomic mass is 10.1. The van der Waals surface area contributed by atoms with Gasteiger partial charge in [0.2, 0.25) is 15.0 Å². The van der Waals surface area contributed by atoms with E-state index in [0.717, 1.165) is 23.6 Å². The van der Waals surface area contributed by atoms with E-state index in [4.69, 9.17) is 4.74 Å². The highest BCUT2D eigenvalue weighted by Gasteiger charge is 2.35. The molecule has 6 nitrogen and oxygen atoms in total. The van der Waals surface area contributed by atoms with Gasteiger partial charge >= 0.3 is 6.18 Å². The van der Waals surface area contributed by atoms with E-state index in [1.165, 1.54) is 0 Å². The fraction of sp³-hybridized carbons (Fsp3) is 0.263. The summed E-state index contributed by atoms with van der Waals surface area (Å²) in [4.78, 5) is 8.90. The van der Waals surface area contributed by atoms with E-state index >= 15 is 0 Å². The normalized spacial score (nSPS) is 14.7. The van der Waals surface area contributed by atoms with Gasteiger partial charge < -0.3 is 9.64 Å². The molecule has 1 aliphatic heterocycles. The molecule has 0 radical (unpaired) electrons. The van der Waals surface area contributed by atoms with E-state index in [-0.39, 0.29) is 5.69 Å². The molecule has 3 rings (SSSR count). The molecule has 154 valence electrons. The molecule has 0 N–H and O–H groups in total. The average molecular weight is 425 g/mol. The number of benzene rings is 1. The standard InChI is InChI=1S/C19H18F3N3O3S/c1-28-15-7-5-13(6-8-15)11-25-9-3-4-14(12-25)16-10-17(19(20,21)22)24-18(23-16)29(2,26)27/h3-8,10,12H,9,11H2,1-2H3. The van der Waals surface area contributed by atoms with Gasteiger partial charge in [-0.15, -0.1) is 0 Å². The van der Waals surface area contributed by atoms with Crippen molar-refractivity contribution in [3.8, 4) is 5.75 Å². The van der Waals surface area contributed by atoms with Gasteiger partial charge in [0, 0.05) is 31.1 Å². The summed E-state index contributed by atoms with van der Waals surface area (Å²) in [5, 5.41) is -0.857. The number of nitrogens with zero attached hydrogens (tertiary/aromatic N) is 3. The molecule has 2 heterocycles. The summed E-state index contributed by atoms with van der Waals surface area (Å²) in [5.74, 6) is 0.720. The van der Waals surface area contributed by atoms with Crippen LogP contribution in [-0.2, 0) is 22.6 Å². The van der Waals surface area contributed by atoms with Crippen LogP contribution in [0.5, 0.6) is 5.75 Å². The third kappa shape index (κ3) is 5.14. The van der Waals surface area contributed by atoms with Crippen molar-refractivity contribution >= 4 is 15.4 Å². The van der Waals surface area contributed by atoms with Crippen LogP contribution in [-0.4, -0.2) is 43.2 Å². The number of sulfone groups is 1. The van der Waals surface area contributed by atoms with Crippen LogP contribution in [0.3, 0.4) is 0 Å². The summed E-state index contributed by atoms with van der Waals surface area (Å²) >= 11 is 0. The third-order valence-electron chi connectivity index (χ3n) is 4.13. The van der Waals surface area contributed by atoms with E-state index < -0.39 is 26.9 Å². The van der Waals surface area contributed by atoms with Crippen LogP contribution in [0.25, 0.3) is 5.57 Å². The van der Waals surface area contributed by atoms with Crippen LogP contribution < -0.4 is 4.74 Å². The number of rotatable bonds is 5. The second kappa shape index (κ2) is 7.86. The van der Waals surface area contributed by atoms with Crippen LogP contribution in [0.2, 0.25) is 0 Å². The van der Waals surface area contributed by atoms with Crippen molar-refractivity contribution in [3.63, 3.8) is 0 Å². The number of hydrogen-bond donors (Lipinski definition) is 0. The Bertz CT molecular complexity index is 1060. The number of alkyl halides is 3. The van der Waals surface area contributed by atoms with Crippen LogP contribution in [0.1, 0.15) is 17.0 Å². The van der Waals surface area contributed by atoms with Gasteiger partial charge in [-0.1, -0.05) is 24.3 Å². The molecule has 0 unspecified atom stereocenters. The second-order valence-corrected chi connectivity index (χ2v) is 8.36. The Morgan fingerprint density at radius 3 is 2.45 bits per heavy atom. The van der Waals surface area contributed by atoms with E-state index in [1.807, 2.05) is 29.2 Å². The van der Waals surface area contributed by atoms with Gasteiger partial charge in [0.15, 0.2) is 0 Å². The molecule has 10 heteroatoms. The lowest BCUT2D eigenvalue weighted by Crippen LogP contribution is -2.20. The molecule has 2 aromatic rings. The number of aromatic nitrogens is 2. The van der Waals surface area contributed by atoms with Crippen LogP contribution >= 0.6 is 0 Å². The first-order chi connectivity index (χ1) is 13.6. The predicted molar refractivity (Wildman–Crippen MR) is 101 cm³/mol. The summed E-state index contributed by atoms with van der Waals surface area (Å²) in [7, 11) is -2.44. The Hall–Kier alpha value is -2.88. The van der Waals surface area contributed by atoms with Crippen LogP contribution in [0, 0.1) is 0 Å². The molecular formula is C19H18F3N3O3S. The van der Waals surface area contributed by atoms with Gasteiger partial charge in [0.1, 0.15) is 11.4 Å². The fourth-order valence-electron chi connectivity index (χ4n) is 2.72. The third-order valence-corrected chi connectivity index (χ3v) is 4.97. The molecule has 1 aliphatic rings. The van der Waals surface area contributed by atoms with Gasteiger partial charge in [0.05, 0.1) is 12.8 Å². The minimum absolute atomic E-state index is 0.108. The lowest BCUT2D eigenvalue weighted by molar-refractivity contribution is -0.141. The SMILES string of the molecule is COc1ccc(CN2C=C(c3cc(C(F)(F)F)nc(S(C)(=O)=O)n3)C=CC2)cc1. The van der Waals surface area contributed by atoms with Crippen molar-refractivity contribution in [1.82, 2.24) is 14.9 Å². The van der Waals surface area contributed by atoms with E-state index in [9.17, 15) is 21.6 Å². The number of ether oxygens (including phenoxy) is 1. The predicted octanol–water partition coefficient (Wildman–Crippen LogP) is 3.32. The van der Waals surface area contributed by atoms with Gasteiger partial charge in [0.25, 0.3) is 0 Å². The molecule has 0 spiro atoms. The highest BCUT2D eigenvalue weighted by Crippen LogP contribution is 2.31. The molecule has 29 heavy (non-hydrogen) atoms. The second-order valence-electron chi connectivity index (χ2n) is 6.46. The lowest BCUT2D eigenvalue weighted by Gasteiger charge is -2.23. The monoisotopic (exact) mass is 425 g/mol. The number of hydrogen-bond acceptors (Lipinski definition) is 6. The molecule has 0 saturated carbocycles. The number of allylic oxidation sites excluding steroid dienone is 2.